The Morgan fingerprint density at radius 1 is 1.38 bits per heavy atom. The van der Waals surface area contributed by atoms with Crippen LogP contribution in [0.1, 0.15) is 37.7 Å². The van der Waals surface area contributed by atoms with Gasteiger partial charge < -0.3 is 15.7 Å². The van der Waals surface area contributed by atoms with Crippen LogP contribution in [-0.4, -0.2) is 30.1 Å². The van der Waals surface area contributed by atoms with Gasteiger partial charge in [0.2, 0.25) is 5.91 Å². The second-order valence-corrected chi connectivity index (χ2v) is 5.64. The van der Waals surface area contributed by atoms with Gasteiger partial charge in [0.1, 0.15) is 0 Å². The minimum atomic E-state index is -0.764. The molecule has 2 atom stereocenters. The Bertz CT molecular complexity index is 516. The third kappa shape index (κ3) is 4.21. The van der Waals surface area contributed by atoms with E-state index in [4.69, 9.17) is 5.11 Å². The van der Waals surface area contributed by atoms with Crippen LogP contribution in [0.25, 0.3) is 0 Å². The molecule has 1 aliphatic heterocycles. The molecule has 5 heteroatoms. The lowest BCUT2D eigenvalue weighted by molar-refractivity contribution is -0.137. The number of hydrogen-bond acceptors (Lipinski definition) is 3. The molecule has 0 bridgehead atoms. The number of benzene rings is 1. The summed E-state index contributed by atoms with van der Waals surface area (Å²) in [5.74, 6) is -0.552. The average Bonchev–Trinajstić information content (AvgIpc) is 2.89. The van der Waals surface area contributed by atoms with Gasteiger partial charge in [-0.3, -0.25) is 9.59 Å². The molecule has 21 heavy (non-hydrogen) atoms. The highest BCUT2D eigenvalue weighted by Gasteiger charge is 2.27. The summed E-state index contributed by atoms with van der Waals surface area (Å²) in [6.45, 7) is 3.25. The van der Waals surface area contributed by atoms with Gasteiger partial charge in [0.15, 0.2) is 0 Å². The highest BCUT2D eigenvalue weighted by atomic mass is 16.4. The number of carbonyl (C=O) groups is 2. The molecule has 5 nitrogen and oxygen atoms in total. The second-order valence-electron chi connectivity index (χ2n) is 5.64. The van der Waals surface area contributed by atoms with E-state index >= 15 is 0 Å². The fourth-order valence-corrected chi connectivity index (χ4v) is 2.60. The number of carboxylic acid groups (broad SMARTS) is 1. The maximum Gasteiger partial charge on any atom is 0.303 e. The van der Waals surface area contributed by atoms with Crippen LogP contribution in [0.5, 0.6) is 0 Å². The first-order valence-corrected chi connectivity index (χ1v) is 7.40. The van der Waals surface area contributed by atoms with E-state index in [-0.39, 0.29) is 18.2 Å². The highest BCUT2D eigenvalue weighted by molar-refractivity contribution is 5.88. The summed E-state index contributed by atoms with van der Waals surface area (Å²) in [5.41, 5.74) is 2.08. The number of carbonyl (C=O) groups excluding carboxylic acids is 1. The maximum atomic E-state index is 12.2. The Labute approximate surface area is 124 Å². The molecule has 0 saturated heterocycles. The van der Waals surface area contributed by atoms with Gasteiger partial charge in [0.25, 0.3) is 0 Å². The van der Waals surface area contributed by atoms with Crippen LogP contribution in [0.3, 0.4) is 0 Å². The largest absolute Gasteiger partial charge is 0.481 e. The lowest BCUT2D eigenvalue weighted by atomic mass is 9.99. The Hall–Kier alpha value is -2.04. The smallest absolute Gasteiger partial charge is 0.303 e. The first-order chi connectivity index (χ1) is 10.1. The van der Waals surface area contributed by atoms with Crippen molar-refractivity contribution < 1.29 is 14.7 Å². The Morgan fingerprint density at radius 2 is 2.14 bits per heavy atom. The summed E-state index contributed by atoms with van der Waals surface area (Å²) in [6.07, 6.45) is 1.65. The zero-order valence-electron chi connectivity index (χ0n) is 12.3. The summed E-state index contributed by atoms with van der Waals surface area (Å²) < 4.78 is 0. The zero-order chi connectivity index (χ0) is 15.2. The molecular formula is C16H22N2O3. The number of anilines is 1. The minimum Gasteiger partial charge on any atom is -0.481 e. The number of aliphatic carboxylic acids is 1. The van der Waals surface area contributed by atoms with Gasteiger partial charge in [0, 0.05) is 25.2 Å². The topological polar surface area (TPSA) is 78.4 Å². The Balaban J connectivity index is 1.75. The van der Waals surface area contributed by atoms with Crippen LogP contribution in [0.2, 0.25) is 0 Å². The molecule has 0 spiro atoms. The van der Waals surface area contributed by atoms with Gasteiger partial charge in [-0.2, -0.15) is 0 Å². The summed E-state index contributed by atoms with van der Waals surface area (Å²) in [5, 5.41) is 14.8. The fourth-order valence-electron chi connectivity index (χ4n) is 2.60. The van der Waals surface area contributed by atoms with E-state index in [9.17, 15) is 9.59 Å². The van der Waals surface area contributed by atoms with Crippen LogP contribution in [0.15, 0.2) is 24.3 Å². The fraction of sp³-hybridized carbons (Fsp3) is 0.500. The number of hydrogen-bond donors (Lipinski definition) is 3. The van der Waals surface area contributed by atoms with Crippen molar-refractivity contribution in [3.63, 3.8) is 0 Å². The monoisotopic (exact) mass is 290 g/mol. The maximum absolute atomic E-state index is 12.2. The van der Waals surface area contributed by atoms with Crippen molar-refractivity contribution in [2.24, 2.45) is 5.92 Å². The van der Waals surface area contributed by atoms with Crippen molar-refractivity contribution in [1.29, 1.82) is 0 Å². The zero-order valence-corrected chi connectivity index (χ0v) is 12.3. The van der Waals surface area contributed by atoms with Gasteiger partial charge in [0.05, 0.1) is 5.92 Å². The van der Waals surface area contributed by atoms with Crippen LogP contribution in [0, 0.1) is 5.92 Å². The van der Waals surface area contributed by atoms with E-state index in [1.807, 2.05) is 31.2 Å². The predicted molar refractivity (Wildman–Crippen MR) is 81.3 cm³/mol. The average molecular weight is 290 g/mol. The van der Waals surface area contributed by atoms with Gasteiger partial charge in [-0.1, -0.05) is 25.1 Å². The first kappa shape index (κ1) is 15.4. The molecular weight excluding hydrogens is 268 g/mol. The Kier molecular flexibility index (Phi) is 5.20. The standard InChI is InChI=1S/C16H22N2O3/c1-11(6-7-15(19)20)8-9-17-16(21)13-10-18-14-5-3-2-4-12(13)14/h2-5,11,13,18H,6-10H2,1H3,(H,17,21)(H,19,20). The molecule has 1 aliphatic rings. The molecule has 1 aromatic rings. The van der Waals surface area contributed by atoms with E-state index < -0.39 is 5.97 Å². The minimum absolute atomic E-state index is 0.0397. The lowest BCUT2D eigenvalue weighted by Crippen LogP contribution is -2.31. The van der Waals surface area contributed by atoms with Crippen LogP contribution >= 0.6 is 0 Å². The molecule has 1 amide bonds. The molecule has 2 unspecified atom stereocenters. The molecule has 0 aromatic heterocycles. The number of rotatable bonds is 7. The Morgan fingerprint density at radius 3 is 2.90 bits per heavy atom. The molecule has 0 aliphatic carbocycles. The normalized spacial score (nSPS) is 17.7. The third-order valence-electron chi connectivity index (χ3n) is 3.94. The number of para-hydroxylation sites is 1. The summed E-state index contributed by atoms with van der Waals surface area (Å²) in [7, 11) is 0. The number of amides is 1. The van der Waals surface area contributed by atoms with Crippen molar-refractivity contribution in [3.05, 3.63) is 29.8 Å². The predicted octanol–water partition coefficient (Wildman–Crippen LogP) is 2.20. The van der Waals surface area contributed by atoms with E-state index in [0.29, 0.717) is 25.4 Å². The molecule has 2 rings (SSSR count). The van der Waals surface area contributed by atoms with E-state index in [2.05, 4.69) is 10.6 Å². The lowest BCUT2D eigenvalue weighted by Gasteiger charge is -2.13. The van der Waals surface area contributed by atoms with Crippen molar-refractivity contribution >= 4 is 17.6 Å². The van der Waals surface area contributed by atoms with Crippen molar-refractivity contribution in [2.75, 3.05) is 18.4 Å². The molecule has 0 saturated carbocycles. The second kappa shape index (κ2) is 7.11. The molecule has 0 fully saturated rings. The summed E-state index contributed by atoms with van der Waals surface area (Å²) in [4.78, 5) is 22.7. The van der Waals surface area contributed by atoms with Crippen LogP contribution in [0.4, 0.5) is 5.69 Å². The van der Waals surface area contributed by atoms with Crippen molar-refractivity contribution in [2.45, 2.75) is 32.1 Å². The quantitative estimate of drug-likeness (QED) is 0.719. The molecule has 1 aromatic carbocycles. The number of nitrogens with one attached hydrogen (secondary N) is 2. The van der Waals surface area contributed by atoms with Gasteiger partial charge >= 0.3 is 5.97 Å². The number of fused-ring (bicyclic) bond motifs is 1. The summed E-state index contributed by atoms with van der Waals surface area (Å²) in [6, 6.07) is 7.86. The van der Waals surface area contributed by atoms with E-state index in [0.717, 1.165) is 17.7 Å². The van der Waals surface area contributed by atoms with E-state index in [1.54, 1.807) is 0 Å². The third-order valence-corrected chi connectivity index (χ3v) is 3.94. The first-order valence-electron chi connectivity index (χ1n) is 7.40. The molecule has 0 radical (unpaired) electrons. The van der Waals surface area contributed by atoms with Crippen LogP contribution in [-0.2, 0) is 9.59 Å². The van der Waals surface area contributed by atoms with Gasteiger partial charge in [-0.15, -0.1) is 0 Å². The van der Waals surface area contributed by atoms with Crippen LogP contribution < -0.4 is 10.6 Å². The highest BCUT2D eigenvalue weighted by Crippen LogP contribution is 2.30. The number of carboxylic acids is 1. The molecule has 3 N–H and O–H groups in total. The van der Waals surface area contributed by atoms with Crippen molar-refractivity contribution in [1.82, 2.24) is 5.32 Å². The van der Waals surface area contributed by atoms with Gasteiger partial charge in [-0.25, -0.2) is 0 Å². The SMILES string of the molecule is CC(CCNC(=O)C1CNc2ccccc21)CCC(=O)O. The summed E-state index contributed by atoms with van der Waals surface area (Å²) >= 11 is 0. The van der Waals surface area contributed by atoms with Gasteiger partial charge in [-0.05, 0) is 30.4 Å². The molecule has 1 heterocycles. The molecule has 114 valence electrons. The van der Waals surface area contributed by atoms with E-state index in [1.165, 1.54) is 0 Å². The van der Waals surface area contributed by atoms with Crippen molar-refractivity contribution in [3.8, 4) is 0 Å².